The molecule has 0 saturated carbocycles. The summed E-state index contributed by atoms with van der Waals surface area (Å²) in [5.41, 5.74) is 2.37. The highest BCUT2D eigenvalue weighted by Crippen LogP contribution is 2.22. The summed E-state index contributed by atoms with van der Waals surface area (Å²) in [4.78, 5) is 22.6. The van der Waals surface area contributed by atoms with Crippen molar-refractivity contribution in [2.75, 3.05) is 23.3 Å². The topological polar surface area (TPSA) is 58.1 Å². The molecule has 1 amide bonds. The monoisotopic (exact) mass is 282 g/mol. The Morgan fingerprint density at radius 1 is 1.14 bits per heavy atom. The molecule has 1 fully saturated rings. The Hall–Kier alpha value is -2.43. The average Bonchev–Trinajstić information content (AvgIpc) is 3.02. The van der Waals surface area contributed by atoms with E-state index < -0.39 is 0 Å². The van der Waals surface area contributed by atoms with Crippen LogP contribution in [0, 0.1) is 6.92 Å². The molecule has 1 N–H and O–H groups in total. The van der Waals surface area contributed by atoms with E-state index in [0.29, 0.717) is 11.5 Å². The van der Waals surface area contributed by atoms with Gasteiger partial charge in [0.05, 0.1) is 0 Å². The van der Waals surface area contributed by atoms with Crippen LogP contribution in [0.1, 0.15) is 29.2 Å². The van der Waals surface area contributed by atoms with Gasteiger partial charge >= 0.3 is 0 Å². The van der Waals surface area contributed by atoms with Crippen LogP contribution in [-0.4, -0.2) is 29.0 Å². The summed E-state index contributed by atoms with van der Waals surface area (Å²) in [5, 5.41) is 2.86. The molecule has 0 aliphatic carbocycles. The molecule has 1 aliphatic heterocycles. The van der Waals surface area contributed by atoms with Crippen LogP contribution in [0.15, 0.2) is 36.5 Å². The molecule has 0 atom stereocenters. The number of nitrogens with zero attached hydrogens (tertiary/aromatic N) is 3. The van der Waals surface area contributed by atoms with Crippen molar-refractivity contribution in [3.8, 4) is 0 Å². The van der Waals surface area contributed by atoms with E-state index in [1.54, 1.807) is 19.2 Å². The summed E-state index contributed by atoms with van der Waals surface area (Å²) in [6.07, 6.45) is 4.10. The van der Waals surface area contributed by atoms with Gasteiger partial charge in [-0.3, -0.25) is 4.79 Å². The lowest BCUT2D eigenvalue weighted by Gasteiger charge is -2.17. The van der Waals surface area contributed by atoms with Crippen LogP contribution in [0.3, 0.4) is 0 Å². The normalized spacial score (nSPS) is 14.2. The summed E-state index contributed by atoms with van der Waals surface area (Å²) >= 11 is 0. The lowest BCUT2D eigenvalue weighted by atomic mass is 10.2. The number of aromatic nitrogens is 2. The number of benzene rings is 1. The van der Waals surface area contributed by atoms with Crippen molar-refractivity contribution >= 4 is 17.3 Å². The SMILES string of the molecule is Cc1nccc(C(=O)Nc2ccc(N3CCCC3)cc2)n1. The first-order valence-corrected chi connectivity index (χ1v) is 7.18. The molecule has 0 bridgehead atoms. The Balaban J connectivity index is 1.68. The fourth-order valence-electron chi connectivity index (χ4n) is 2.51. The number of hydrogen-bond donors (Lipinski definition) is 1. The van der Waals surface area contributed by atoms with Crippen LogP contribution >= 0.6 is 0 Å². The Kier molecular flexibility index (Phi) is 3.81. The maximum absolute atomic E-state index is 12.1. The largest absolute Gasteiger partial charge is 0.372 e. The van der Waals surface area contributed by atoms with Crippen LogP contribution in [0.4, 0.5) is 11.4 Å². The van der Waals surface area contributed by atoms with E-state index in [1.807, 2.05) is 24.3 Å². The second kappa shape index (κ2) is 5.91. The van der Waals surface area contributed by atoms with Gasteiger partial charge in [-0.1, -0.05) is 0 Å². The molecule has 2 aromatic rings. The van der Waals surface area contributed by atoms with E-state index in [0.717, 1.165) is 18.8 Å². The highest BCUT2D eigenvalue weighted by Gasteiger charge is 2.12. The molecular weight excluding hydrogens is 264 g/mol. The van der Waals surface area contributed by atoms with Gasteiger partial charge in [0.25, 0.3) is 5.91 Å². The Morgan fingerprint density at radius 2 is 1.86 bits per heavy atom. The Bertz CT molecular complexity index is 633. The molecule has 108 valence electrons. The highest BCUT2D eigenvalue weighted by molar-refractivity contribution is 6.02. The minimum Gasteiger partial charge on any atom is -0.372 e. The molecule has 1 aromatic carbocycles. The maximum atomic E-state index is 12.1. The van der Waals surface area contributed by atoms with Crippen molar-refractivity contribution in [3.63, 3.8) is 0 Å². The number of rotatable bonds is 3. The molecule has 2 heterocycles. The molecule has 21 heavy (non-hydrogen) atoms. The van der Waals surface area contributed by atoms with Gasteiger partial charge in [0.1, 0.15) is 11.5 Å². The number of nitrogens with one attached hydrogen (secondary N) is 1. The van der Waals surface area contributed by atoms with Gasteiger partial charge in [-0.05, 0) is 50.1 Å². The van der Waals surface area contributed by atoms with Crippen LogP contribution < -0.4 is 10.2 Å². The van der Waals surface area contributed by atoms with Gasteiger partial charge in [-0.25, -0.2) is 9.97 Å². The van der Waals surface area contributed by atoms with Crippen molar-refractivity contribution in [3.05, 3.63) is 48.0 Å². The fourth-order valence-corrected chi connectivity index (χ4v) is 2.51. The average molecular weight is 282 g/mol. The van der Waals surface area contributed by atoms with Crippen LogP contribution in [-0.2, 0) is 0 Å². The Labute approximate surface area is 124 Å². The number of anilines is 2. The third-order valence-electron chi connectivity index (χ3n) is 3.61. The molecule has 5 nitrogen and oxygen atoms in total. The molecule has 1 saturated heterocycles. The molecule has 1 aromatic heterocycles. The molecule has 5 heteroatoms. The van der Waals surface area contributed by atoms with E-state index >= 15 is 0 Å². The van der Waals surface area contributed by atoms with Crippen LogP contribution in [0.5, 0.6) is 0 Å². The summed E-state index contributed by atoms with van der Waals surface area (Å²) in [5.74, 6) is 0.376. The van der Waals surface area contributed by atoms with Crippen molar-refractivity contribution in [1.29, 1.82) is 0 Å². The van der Waals surface area contributed by atoms with Crippen molar-refractivity contribution < 1.29 is 4.79 Å². The van der Waals surface area contributed by atoms with Crippen LogP contribution in [0.25, 0.3) is 0 Å². The summed E-state index contributed by atoms with van der Waals surface area (Å²) < 4.78 is 0. The number of carbonyl (C=O) groups is 1. The molecule has 3 rings (SSSR count). The third kappa shape index (κ3) is 3.18. The van der Waals surface area contributed by atoms with Crippen LogP contribution in [0.2, 0.25) is 0 Å². The van der Waals surface area contributed by atoms with E-state index in [4.69, 9.17) is 0 Å². The molecule has 0 unspecified atom stereocenters. The summed E-state index contributed by atoms with van der Waals surface area (Å²) in [7, 11) is 0. The summed E-state index contributed by atoms with van der Waals surface area (Å²) in [6, 6.07) is 9.57. The lowest BCUT2D eigenvalue weighted by molar-refractivity contribution is 0.102. The zero-order valence-corrected chi connectivity index (χ0v) is 12.0. The molecule has 1 aliphatic rings. The summed E-state index contributed by atoms with van der Waals surface area (Å²) in [6.45, 7) is 4.00. The van der Waals surface area contributed by atoms with Gasteiger partial charge in [0, 0.05) is 30.7 Å². The predicted octanol–water partition coefficient (Wildman–Crippen LogP) is 2.64. The number of carbonyl (C=O) groups excluding carboxylic acids is 1. The molecular formula is C16H18N4O. The minimum absolute atomic E-state index is 0.213. The molecule has 0 radical (unpaired) electrons. The highest BCUT2D eigenvalue weighted by atomic mass is 16.1. The second-order valence-electron chi connectivity index (χ2n) is 5.18. The van der Waals surface area contributed by atoms with E-state index in [2.05, 4.69) is 20.2 Å². The lowest BCUT2D eigenvalue weighted by Crippen LogP contribution is -2.18. The third-order valence-corrected chi connectivity index (χ3v) is 3.61. The van der Waals surface area contributed by atoms with Gasteiger partial charge in [-0.2, -0.15) is 0 Å². The van der Waals surface area contributed by atoms with Gasteiger partial charge in [0.15, 0.2) is 0 Å². The zero-order valence-electron chi connectivity index (χ0n) is 12.0. The van der Waals surface area contributed by atoms with Gasteiger partial charge < -0.3 is 10.2 Å². The molecule has 0 spiro atoms. The van der Waals surface area contributed by atoms with Crippen molar-refractivity contribution in [1.82, 2.24) is 9.97 Å². The minimum atomic E-state index is -0.213. The smallest absolute Gasteiger partial charge is 0.274 e. The number of hydrogen-bond acceptors (Lipinski definition) is 4. The first kappa shape index (κ1) is 13.5. The first-order valence-electron chi connectivity index (χ1n) is 7.18. The van der Waals surface area contributed by atoms with Crippen molar-refractivity contribution in [2.45, 2.75) is 19.8 Å². The second-order valence-corrected chi connectivity index (χ2v) is 5.18. The predicted molar refractivity (Wildman–Crippen MR) is 82.6 cm³/mol. The fraction of sp³-hybridized carbons (Fsp3) is 0.312. The quantitative estimate of drug-likeness (QED) is 0.940. The van der Waals surface area contributed by atoms with Gasteiger partial charge in [-0.15, -0.1) is 0 Å². The number of aryl methyl sites for hydroxylation is 1. The zero-order chi connectivity index (χ0) is 14.7. The van der Waals surface area contributed by atoms with E-state index in [-0.39, 0.29) is 5.91 Å². The van der Waals surface area contributed by atoms with E-state index in [1.165, 1.54) is 18.5 Å². The van der Waals surface area contributed by atoms with E-state index in [9.17, 15) is 4.79 Å². The standard InChI is InChI=1S/C16H18N4O/c1-12-17-9-8-15(18-12)16(21)19-13-4-6-14(7-5-13)20-10-2-3-11-20/h4-9H,2-3,10-11H2,1H3,(H,19,21). The number of amides is 1. The first-order chi connectivity index (χ1) is 10.2. The van der Waals surface area contributed by atoms with Crippen molar-refractivity contribution in [2.24, 2.45) is 0 Å². The maximum Gasteiger partial charge on any atom is 0.274 e. The van der Waals surface area contributed by atoms with Gasteiger partial charge in [0.2, 0.25) is 0 Å². The Morgan fingerprint density at radius 3 is 2.52 bits per heavy atom.